The maximum Gasteiger partial charge on any atom is 0.275 e. The highest BCUT2D eigenvalue weighted by molar-refractivity contribution is 9.09. The van der Waals surface area contributed by atoms with Crippen molar-refractivity contribution in [3.05, 3.63) is 21.9 Å². The van der Waals surface area contributed by atoms with E-state index in [1.165, 1.54) is 0 Å². The summed E-state index contributed by atoms with van der Waals surface area (Å²) in [5.74, 6) is 4.55. The van der Waals surface area contributed by atoms with E-state index in [9.17, 15) is 15.0 Å². The molecule has 0 aromatic carbocycles. The quantitative estimate of drug-likeness (QED) is 0.275. The van der Waals surface area contributed by atoms with E-state index in [-0.39, 0.29) is 5.33 Å². The van der Waals surface area contributed by atoms with Crippen LogP contribution in [0.5, 0.6) is 0 Å². The van der Waals surface area contributed by atoms with Crippen molar-refractivity contribution in [2.75, 3.05) is 5.33 Å². The molecule has 0 saturated carbocycles. The largest absolute Gasteiger partial charge is 0.389 e. The number of carbonyl (C=O) groups excluding carboxylic acids is 1. The van der Waals surface area contributed by atoms with Gasteiger partial charge in [0.15, 0.2) is 0 Å². The van der Waals surface area contributed by atoms with Gasteiger partial charge in [0, 0.05) is 10.2 Å². The number of hydrogen-bond acceptors (Lipinski definition) is 5. The topological polar surface area (TPSA) is 95.6 Å². The Morgan fingerprint density at radius 2 is 2.27 bits per heavy atom. The minimum atomic E-state index is -0.992. The molecule has 2 unspecified atom stereocenters. The summed E-state index contributed by atoms with van der Waals surface area (Å²) in [7, 11) is 0. The molecule has 5 nitrogen and oxygen atoms in total. The van der Waals surface area contributed by atoms with Crippen LogP contribution < -0.4 is 11.3 Å². The summed E-state index contributed by atoms with van der Waals surface area (Å²) in [5, 5.41) is 19.3. The highest BCUT2D eigenvalue weighted by Crippen LogP contribution is 2.26. The van der Waals surface area contributed by atoms with Crippen LogP contribution in [0.2, 0.25) is 0 Å². The Kier molecular flexibility index (Phi) is 4.68. The number of hydrazine groups is 1. The van der Waals surface area contributed by atoms with E-state index >= 15 is 0 Å². The molecule has 0 aliphatic carbocycles. The van der Waals surface area contributed by atoms with Gasteiger partial charge < -0.3 is 10.2 Å². The van der Waals surface area contributed by atoms with E-state index in [4.69, 9.17) is 5.84 Å². The molecule has 0 bridgehead atoms. The average molecular weight is 295 g/mol. The monoisotopic (exact) mass is 294 g/mol. The Morgan fingerprint density at radius 3 is 2.80 bits per heavy atom. The molecule has 0 spiro atoms. The zero-order chi connectivity index (χ0) is 11.4. The zero-order valence-electron chi connectivity index (χ0n) is 7.68. The summed E-state index contributed by atoms with van der Waals surface area (Å²) < 4.78 is 0. The van der Waals surface area contributed by atoms with Gasteiger partial charge in [0.25, 0.3) is 5.91 Å². The van der Waals surface area contributed by atoms with Crippen LogP contribution in [0.1, 0.15) is 20.7 Å². The van der Waals surface area contributed by atoms with Gasteiger partial charge in [0.05, 0.1) is 11.0 Å². The van der Waals surface area contributed by atoms with Crippen molar-refractivity contribution in [3.63, 3.8) is 0 Å². The lowest BCUT2D eigenvalue weighted by atomic mass is 10.2. The minimum Gasteiger partial charge on any atom is -0.389 e. The average Bonchev–Trinajstić information content (AvgIpc) is 2.75. The fourth-order valence-corrected chi connectivity index (χ4v) is 2.29. The van der Waals surface area contributed by atoms with Crippen molar-refractivity contribution >= 4 is 33.2 Å². The van der Waals surface area contributed by atoms with Gasteiger partial charge in [-0.1, -0.05) is 15.9 Å². The molecule has 1 rings (SSSR count). The van der Waals surface area contributed by atoms with Crippen LogP contribution in [0.25, 0.3) is 0 Å². The number of halogens is 1. The normalized spacial score (nSPS) is 14.7. The Morgan fingerprint density at radius 1 is 1.60 bits per heavy atom. The molecular formula is C8H11BrN2O3S. The van der Waals surface area contributed by atoms with Gasteiger partial charge in [0.2, 0.25) is 0 Å². The molecule has 0 saturated heterocycles. The Bertz CT molecular complexity index is 344. The first-order valence-electron chi connectivity index (χ1n) is 4.13. The van der Waals surface area contributed by atoms with Crippen molar-refractivity contribution in [2.45, 2.75) is 12.2 Å². The van der Waals surface area contributed by atoms with Crippen molar-refractivity contribution in [2.24, 2.45) is 5.84 Å². The maximum absolute atomic E-state index is 11.1. The number of alkyl halides is 1. The first-order chi connectivity index (χ1) is 7.10. The van der Waals surface area contributed by atoms with Gasteiger partial charge in [-0.25, -0.2) is 5.84 Å². The predicted molar refractivity (Wildman–Crippen MR) is 60.7 cm³/mol. The first-order valence-corrected chi connectivity index (χ1v) is 6.06. The lowest BCUT2D eigenvalue weighted by molar-refractivity contribution is 0.0366. The number of rotatable bonds is 4. The second-order valence-corrected chi connectivity index (χ2v) is 4.60. The third-order valence-electron chi connectivity index (χ3n) is 1.80. The zero-order valence-corrected chi connectivity index (χ0v) is 10.1. The van der Waals surface area contributed by atoms with Gasteiger partial charge in [0.1, 0.15) is 6.10 Å². The summed E-state index contributed by atoms with van der Waals surface area (Å²) in [4.78, 5) is 12.0. The lowest BCUT2D eigenvalue weighted by Gasteiger charge is -2.13. The number of carbonyl (C=O) groups is 1. The number of nitrogens with one attached hydrogen (secondary N) is 1. The van der Waals surface area contributed by atoms with Gasteiger partial charge in [-0.15, -0.1) is 11.3 Å². The minimum absolute atomic E-state index is 0.268. The summed E-state index contributed by atoms with van der Waals surface area (Å²) in [5.41, 5.74) is 1.99. The molecule has 2 atom stereocenters. The molecular weight excluding hydrogens is 284 g/mol. The second kappa shape index (κ2) is 5.57. The van der Waals surface area contributed by atoms with Crippen molar-refractivity contribution in [1.29, 1.82) is 0 Å². The number of thiophene rings is 1. The number of hydrogen-bond donors (Lipinski definition) is 4. The van der Waals surface area contributed by atoms with Crippen LogP contribution in [0, 0.1) is 0 Å². The maximum atomic E-state index is 11.1. The predicted octanol–water partition coefficient (Wildman–Crippen LogP) is 0.141. The summed E-state index contributed by atoms with van der Waals surface area (Å²) in [6, 6.07) is 3.14. The van der Waals surface area contributed by atoms with E-state index in [1.54, 1.807) is 12.1 Å². The molecule has 7 heteroatoms. The molecule has 1 heterocycles. The van der Waals surface area contributed by atoms with E-state index in [2.05, 4.69) is 15.9 Å². The van der Waals surface area contributed by atoms with Crippen LogP contribution in [0.3, 0.4) is 0 Å². The molecule has 1 aromatic rings. The highest BCUT2D eigenvalue weighted by atomic mass is 79.9. The third kappa shape index (κ3) is 2.99. The molecule has 0 aliphatic heterocycles. The number of nitrogen functional groups attached to an aromatic ring is 1. The van der Waals surface area contributed by atoms with E-state index in [0.717, 1.165) is 11.3 Å². The van der Waals surface area contributed by atoms with Crippen LogP contribution >= 0.6 is 27.3 Å². The van der Waals surface area contributed by atoms with Gasteiger partial charge in [-0.3, -0.25) is 10.2 Å². The van der Waals surface area contributed by atoms with Gasteiger partial charge in [-0.2, -0.15) is 0 Å². The molecule has 15 heavy (non-hydrogen) atoms. The van der Waals surface area contributed by atoms with Gasteiger partial charge >= 0.3 is 0 Å². The highest BCUT2D eigenvalue weighted by Gasteiger charge is 2.20. The molecule has 0 fully saturated rings. The van der Waals surface area contributed by atoms with Crippen molar-refractivity contribution in [1.82, 2.24) is 5.43 Å². The van der Waals surface area contributed by atoms with E-state index < -0.39 is 18.1 Å². The fourth-order valence-electron chi connectivity index (χ4n) is 0.979. The molecule has 84 valence electrons. The summed E-state index contributed by atoms with van der Waals surface area (Å²) in [6.07, 6.45) is -1.88. The Balaban J connectivity index is 2.79. The van der Waals surface area contributed by atoms with Crippen LogP contribution in [0.4, 0.5) is 0 Å². The molecule has 1 aromatic heterocycles. The van der Waals surface area contributed by atoms with E-state index in [0.29, 0.717) is 9.75 Å². The van der Waals surface area contributed by atoms with E-state index in [1.807, 2.05) is 5.43 Å². The fraction of sp³-hybridized carbons (Fsp3) is 0.375. The number of aliphatic hydroxyl groups excluding tert-OH is 2. The van der Waals surface area contributed by atoms with Gasteiger partial charge in [-0.05, 0) is 12.1 Å². The molecule has 5 N–H and O–H groups in total. The Labute approximate surface area is 99.0 Å². The van der Waals surface area contributed by atoms with Crippen molar-refractivity contribution < 1.29 is 15.0 Å². The van der Waals surface area contributed by atoms with Crippen LogP contribution in [-0.2, 0) is 0 Å². The smallest absolute Gasteiger partial charge is 0.275 e. The molecule has 0 radical (unpaired) electrons. The standard InChI is InChI=1S/C8H11BrN2O3S/c9-3-4(12)7(13)5-1-2-6(15-5)8(14)11-10/h1-2,4,7,12-13H,3,10H2,(H,11,14). The second-order valence-electron chi connectivity index (χ2n) is 2.84. The SMILES string of the molecule is NNC(=O)c1ccc(C(O)C(O)CBr)s1. The third-order valence-corrected chi connectivity index (χ3v) is 3.61. The molecule has 1 amide bonds. The number of aliphatic hydroxyl groups is 2. The van der Waals surface area contributed by atoms with Crippen LogP contribution in [0.15, 0.2) is 12.1 Å². The lowest BCUT2D eigenvalue weighted by Crippen LogP contribution is -2.29. The number of nitrogens with two attached hydrogens (primary N) is 1. The van der Waals surface area contributed by atoms with Crippen LogP contribution in [-0.4, -0.2) is 27.6 Å². The first kappa shape index (κ1) is 12.6. The molecule has 0 aliphatic rings. The Hall–Kier alpha value is -0.470. The number of amides is 1. The summed E-state index contributed by atoms with van der Waals surface area (Å²) in [6.45, 7) is 0. The summed E-state index contributed by atoms with van der Waals surface area (Å²) >= 11 is 4.15. The van der Waals surface area contributed by atoms with Crippen molar-refractivity contribution in [3.8, 4) is 0 Å².